The van der Waals surface area contributed by atoms with Crippen molar-refractivity contribution < 1.29 is 8.78 Å². The van der Waals surface area contributed by atoms with E-state index in [9.17, 15) is 8.78 Å². The standard InChI is InChI=1S/C10H9ClF2N2/c1-6-9(10(12)13)7(2-3-14)4-8(5-11)15-6/h4,10H,2,5H2,1H3. The van der Waals surface area contributed by atoms with Gasteiger partial charge in [-0.25, -0.2) is 8.78 Å². The first kappa shape index (κ1) is 11.9. The first-order chi connectivity index (χ1) is 7.10. The molecule has 80 valence electrons. The molecule has 2 nitrogen and oxygen atoms in total. The molecule has 1 rings (SSSR count). The SMILES string of the molecule is Cc1nc(CCl)cc(CC#N)c1C(F)F. The Hall–Kier alpha value is -1.21. The molecule has 0 bridgehead atoms. The Morgan fingerprint density at radius 3 is 2.73 bits per heavy atom. The Kier molecular flexibility index (Phi) is 3.98. The summed E-state index contributed by atoms with van der Waals surface area (Å²) >= 11 is 5.57. The van der Waals surface area contributed by atoms with E-state index in [2.05, 4.69) is 4.98 Å². The molecule has 1 heterocycles. The predicted octanol–water partition coefficient (Wildman–Crippen LogP) is 3.13. The molecule has 0 aliphatic rings. The number of alkyl halides is 3. The van der Waals surface area contributed by atoms with Crippen LogP contribution in [0.25, 0.3) is 0 Å². The van der Waals surface area contributed by atoms with Gasteiger partial charge in [0, 0.05) is 11.3 Å². The number of hydrogen-bond acceptors (Lipinski definition) is 2. The number of hydrogen-bond donors (Lipinski definition) is 0. The van der Waals surface area contributed by atoms with E-state index in [-0.39, 0.29) is 23.6 Å². The fraction of sp³-hybridized carbons (Fsp3) is 0.400. The van der Waals surface area contributed by atoms with Crippen LogP contribution in [0.15, 0.2) is 6.07 Å². The number of rotatable bonds is 3. The molecule has 0 atom stereocenters. The fourth-order valence-corrected chi connectivity index (χ4v) is 1.55. The van der Waals surface area contributed by atoms with Crippen molar-refractivity contribution in [1.82, 2.24) is 4.98 Å². The van der Waals surface area contributed by atoms with Gasteiger partial charge in [0.05, 0.1) is 24.1 Å². The quantitative estimate of drug-likeness (QED) is 0.748. The van der Waals surface area contributed by atoms with Crippen LogP contribution in [0, 0.1) is 18.3 Å². The van der Waals surface area contributed by atoms with Gasteiger partial charge in [0.2, 0.25) is 0 Å². The number of pyridine rings is 1. The summed E-state index contributed by atoms with van der Waals surface area (Å²) in [6, 6.07) is 3.32. The largest absolute Gasteiger partial charge is 0.265 e. The van der Waals surface area contributed by atoms with Gasteiger partial charge >= 0.3 is 0 Å². The van der Waals surface area contributed by atoms with Crippen LogP contribution < -0.4 is 0 Å². The Balaban J connectivity index is 3.30. The second kappa shape index (κ2) is 5.04. The van der Waals surface area contributed by atoms with Crippen LogP contribution in [-0.2, 0) is 12.3 Å². The van der Waals surface area contributed by atoms with E-state index in [0.29, 0.717) is 11.3 Å². The number of nitriles is 1. The molecule has 0 amide bonds. The van der Waals surface area contributed by atoms with Crippen LogP contribution in [0.1, 0.15) is 28.9 Å². The molecule has 0 N–H and O–H groups in total. The number of aromatic nitrogens is 1. The van der Waals surface area contributed by atoms with Crippen molar-refractivity contribution in [2.24, 2.45) is 0 Å². The summed E-state index contributed by atoms with van der Waals surface area (Å²) in [4.78, 5) is 3.93. The summed E-state index contributed by atoms with van der Waals surface area (Å²) in [5, 5.41) is 8.53. The minimum absolute atomic E-state index is 0.0487. The summed E-state index contributed by atoms with van der Waals surface area (Å²) in [5.74, 6) is 0.156. The van der Waals surface area contributed by atoms with Gasteiger partial charge in [-0.15, -0.1) is 11.6 Å². The van der Waals surface area contributed by atoms with Crippen molar-refractivity contribution in [3.63, 3.8) is 0 Å². The first-order valence-electron chi connectivity index (χ1n) is 4.30. The lowest BCUT2D eigenvalue weighted by Gasteiger charge is -2.10. The fourth-order valence-electron chi connectivity index (χ4n) is 1.42. The minimum atomic E-state index is -2.61. The van der Waals surface area contributed by atoms with Crippen molar-refractivity contribution in [3.8, 4) is 6.07 Å². The zero-order valence-corrected chi connectivity index (χ0v) is 8.85. The van der Waals surface area contributed by atoms with E-state index in [4.69, 9.17) is 16.9 Å². The van der Waals surface area contributed by atoms with E-state index in [0.717, 1.165) is 0 Å². The van der Waals surface area contributed by atoms with Crippen molar-refractivity contribution in [3.05, 3.63) is 28.6 Å². The van der Waals surface area contributed by atoms with Crippen molar-refractivity contribution in [2.75, 3.05) is 0 Å². The molecule has 5 heteroatoms. The van der Waals surface area contributed by atoms with Crippen LogP contribution in [-0.4, -0.2) is 4.98 Å². The maximum absolute atomic E-state index is 12.7. The third-order valence-corrected chi connectivity index (χ3v) is 2.29. The highest BCUT2D eigenvalue weighted by molar-refractivity contribution is 6.16. The van der Waals surface area contributed by atoms with Gasteiger partial charge in [0.25, 0.3) is 6.43 Å². The summed E-state index contributed by atoms with van der Waals surface area (Å²) in [6.07, 6.45) is -2.65. The predicted molar refractivity (Wildman–Crippen MR) is 52.8 cm³/mol. The van der Waals surface area contributed by atoms with Gasteiger partial charge < -0.3 is 0 Å². The highest BCUT2D eigenvalue weighted by atomic mass is 35.5. The van der Waals surface area contributed by atoms with Crippen LogP contribution in [0.4, 0.5) is 8.78 Å². The second-order valence-electron chi connectivity index (χ2n) is 3.04. The Bertz CT molecular complexity index is 399. The van der Waals surface area contributed by atoms with Crippen LogP contribution in [0.5, 0.6) is 0 Å². The molecule has 0 aromatic carbocycles. The van der Waals surface area contributed by atoms with E-state index < -0.39 is 6.43 Å². The molecule has 0 saturated heterocycles. The molecule has 1 aromatic heterocycles. The van der Waals surface area contributed by atoms with Crippen molar-refractivity contribution in [1.29, 1.82) is 5.26 Å². The van der Waals surface area contributed by atoms with Crippen molar-refractivity contribution >= 4 is 11.6 Å². The van der Waals surface area contributed by atoms with Gasteiger partial charge in [-0.2, -0.15) is 5.26 Å². The molecule has 0 fully saturated rings. The number of aryl methyl sites for hydroxylation is 1. The number of halogens is 3. The Morgan fingerprint density at radius 1 is 1.60 bits per heavy atom. The molecule has 15 heavy (non-hydrogen) atoms. The monoisotopic (exact) mass is 230 g/mol. The third-order valence-electron chi connectivity index (χ3n) is 2.01. The lowest BCUT2D eigenvalue weighted by atomic mass is 10.0. The van der Waals surface area contributed by atoms with Gasteiger partial charge in [-0.05, 0) is 18.6 Å². The van der Waals surface area contributed by atoms with Gasteiger partial charge in [0.15, 0.2) is 0 Å². The topological polar surface area (TPSA) is 36.7 Å². The molecule has 0 saturated carbocycles. The molecule has 0 unspecified atom stereocenters. The molecule has 0 radical (unpaired) electrons. The zero-order valence-electron chi connectivity index (χ0n) is 8.10. The average molecular weight is 231 g/mol. The minimum Gasteiger partial charge on any atom is -0.256 e. The molecule has 0 aliphatic heterocycles. The molecule has 0 spiro atoms. The summed E-state index contributed by atoms with van der Waals surface area (Å²) in [6.45, 7) is 1.50. The first-order valence-corrected chi connectivity index (χ1v) is 4.84. The molecule has 1 aromatic rings. The molecular weight excluding hydrogens is 222 g/mol. The highest BCUT2D eigenvalue weighted by Crippen LogP contribution is 2.26. The van der Waals surface area contributed by atoms with Crippen LogP contribution >= 0.6 is 11.6 Å². The van der Waals surface area contributed by atoms with Gasteiger partial charge in [0.1, 0.15) is 0 Å². The second-order valence-corrected chi connectivity index (χ2v) is 3.31. The van der Waals surface area contributed by atoms with Gasteiger partial charge in [-0.1, -0.05) is 0 Å². The van der Waals surface area contributed by atoms with E-state index >= 15 is 0 Å². The van der Waals surface area contributed by atoms with Gasteiger partial charge in [-0.3, -0.25) is 4.98 Å². The smallest absolute Gasteiger partial charge is 0.256 e. The molecular formula is C10H9ClF2N2. The zero-order chi connectivity index (χ0) is 11.4. The average Bonchev–Trinajstić information content (AvgIpc) is 2.16. The lowest BCUT2D eigenvalue weighted by Crippen LogP contribution is -2.03. The maximum Gasteiger partial charge on any atom is 0.265 e. The maximum atomic E-state index is 12.7. The molecule has 0 aliphatic carbocycles. The third kappa shape index (κ3) is 2.63. The van der Waals surface area contributed by atoms with Crippen LogP contribution in [0.2, 0.25) is 0 Å². The summed E-state index contributed by atoms with van der Waals surface area (Å²) < 4.78 is 25.3. The van der Waals surface area contributed by atoms with Crippen LogP contribution in [0.3, 0.4) is 0 Å². The van der Waals surface area contributed by atoms with E-state index in [1.165, 1.54) is 13.0 Å². The normalized spacial score (nSPS) is 10.4. The summed E-state index contributed by atoms with van der Waals surface area (Å²) in [5.41, 5.74) is 0.929. The lowest BCUT2D eigenvalue weighted by molar-refractivity contribution is 0.149. The number of nitrogens with zero attached hydrogens (tertiary/aromatic N) is 2. The highest BCUT2D eigenvalue weighted by Gasteiger charge is 2.17. The van der Waals surface area contributed by atoms with Crippen molar-refractivity contribution in [2.45, 2.75) is 25.7 Å². The van der Waals surface area contributed by atoms with E-state index in [1.54, 1.807) is 0 Å². The summed E-state index contributed by atoms with van der Waals surface area (Å²) in [7, 11) is 0. The Labute approximate surface area is 91.5 Å². The van der Waals surface area contributed by atoms with E-state index in [1.807, 2.05) is 6.07 Å². The Morgan fingerprint density at radius 2 is 2.27 bits per heavy atom.